The van der Waals surface area contributed by atoms with Crippen molar-refractivity contribution < 1.29 is 4.79 Å². The average molecular weight is 212 g/mol. The fraction of sp³-hybridized carbons (Fsp3) is 0.500. The molecule has 1 saturated heterocycles. The van der Waals surface area contributed by atoms with E-state index in [-0.39, 0.29) is 23.0 Å². The zero-order valence-corrected chi connectivity index (χ0v) is 8.99. The van der Waals surface area contributed by atoms with E-state index in [1.807, 2.05) is 0 Å². The van der Waals surface area contributed by atoms with Crippen molar-refractivity contribution in [2.24, 2.45) is 5.73 Å². The number of nitrogens with zero attached hydrogens (tertiary/aromatic N) is 1. The fourth-order valence-corrected chi connectivity index (χ4v) is 3.90. The van der Waals surface area contributed by atoms with Crippen molar-refractivity contribution in [3.8, 4) is 0 Å². The zero-order valence-electron chi connectivity index (χ0n) is 8.10. The molecule has 2 aliphatic rings. The summed E-state index contributed by atoms with van der Waals surface area (Å²) in [5, 5.41) is 4.35. The van der Waals surface area contributed by atoms with Crippen LogP contribution >= 0.6 is 11.1 Å². The lowest BCUT2D eigenvalue weighted by molar-refractivity contribution is -0.122. The van der Waals surface area contributed by atoms with E-state index in [4.69, 9.17) is 5.73 Å². The van der Waals surface area contributed by atoms with Crippen molar-refractivity contribution in [1.82, 2.24) is 4.31 Å². The van der Waals surface area contributed by atoms with E-state index < -0.39 is 0 Å². The van der Waals surface area contributed by atoms with Crippen LogP contribution in [0.25, 0.3) is 0 Å². The largest absolute Gasteiger partial charge is 0.368 e. The highest BCUT2D eigenvalue weighted by molar-refractivity contribution is 8.20. The third-order valence-electron chi connectivity index (χ3n) is 2.69. The van der Waals surface area contributed by atoms with E-state index in [2.05, 4.69) is 27.3 Å². The van der Waals surface area contributed by atoms with Crippen LogP contribution < -0.4 is 5.73 Å². The van der Waals surface area contributed by atoms with Crippen LogP contribution in [0.15, 0.2) is 23.0 Å². The summed E-state index contributed by atoms with van der Waals surface area (Å²) >= 11 is -0.364. The van der Waals surface area contributed by atoms with Gasteiger partial charge >= 0.3 is 0 Å². The van der Waals surface area contributed by atoms with Crippen molar-refractivity contribution in [1.29, 1.82) is 0 Å². The summed E-state index contributed by atoms with van der Waals surface area (Å²) in [7, 11) is 0. The molecule has 1 amide bonds. The lowest BCUT2D eigenvalue weighted by Crippen LogP contribution is -2.45. The number of allylic oxidation sites excluding steroid dienone is 2. The molecule has 0 saturated carbocycles. The summed E-state index contributed by atoms with van der Waals surface area (Å²) in [6, 6.07) is -0.0396. The molecule has 2 aliphatic heterocycles. The number of primary amides is 1. The van der Waals surface area contributed by atoms with Crippen LogP contribution in [0.5, 0.6) is 0 Å². The summed E-state index contributed by atoms with van der Waals surface area (Å²) in [6.45, 7) is 1.01. The maximum absolute atomic E-state index is 11.3. The maximum atomic E-state index is 11.3. The maximum Gasteiger partial charge on any atom is 0.235 e. The SMILES string of the molecule is NC(=O)[C@@H]1CCCCN1[SH]1C=CC=C1. The molecule has 14 heavy (non-hydrogen) atoms. The number of amides is 1. The smallest absolute Gasteiger partial charge is 0.235 e. The van der Waals surface area contributed by atoms with Crippen molar-refractivity contribution in [2.45, 2.75) is 25.3 Å². The van der Waals surface area contributed by atoms with Gasteiger partial charge in [-0.15, -0.1) is 0 Å². The Kier molecular flexibility index (Phi) is 2.93. The van der Waals surface area contributed by atoms with Crippen LogP contribution in [0.2, 0.25) is 0 Å². The number of rotatable bonds is 2. The molecular weight excluding hydrogens is 196 g/mol. The molecule has 0 spiro atoms. The molecule has 2 N–H and O–H groups in total. The number of carbonyl (C=O) groups is 1. The number of hydrogen-bond acceptors (Lipinski definition) is 2. The Morgan fingerprint density at radius 2 is 2.07 bits per heavy atom. The van der Waals surface area contributed by atoms with Gasteiger partial charge in [0.1, 0.15) is 0 Å². The van der Waals surface area contributed by atoms with E-state index in [1.165, 1.54) is 6.42 Å². The molecular formula is C10H16N2OS. The van der Waals surface area contributed by atoms with E-state index in [0.29, 0.717) is 0 Å². The van der Waals surface area contributed by atoms with E-state index in [0.717, 1.165) is 19.4 Å². The Labute approximate surface area is 87.1 Å². The first-order valence-corrected chi connectivity index (χ1v) is 6.41. The van der Waals surface area contributed by atoms with Crippen LogP contribution in [-0.4, -0.2) is 22.8 Å². The topological polar surface area (TPSA) is 46.3 Å². The molecule has 78 valence electrons. The van der Waals surface area contributed by atoms with Crippen molar-refractivity contribution >= 4 is 17.0 Å². The Bertz CT molecular complexity index is 276. The van der Waals surface area contributed by atoms with Crippen LogP contribution in [0.3, 0.4) is 0 Å². The minimum Gasteiger partial charge on any atom is -0.368 e. The molecule has 1 atom stereocenters. The Morgan fingerprint density at radius 3 is 2.71 bits per heavy atom. The normalized spacial score (nSPS) is 29.7. The zero-order chi connectivity index (χ0) is 9.97. The fourth-order valence-electron chi connectivity index (χ4n) is 1.98. The number of hydrogen-bond donors (Lipinski definition) is 2. The molecule has 4 heteroatoms. The second-order valence-electron chi connectivity index (χ2n) is 3.64. The molecule has 0 aromatic heterocycles. The lowest BCUT2D eigenvalue weighted by Gasteiger charge is -2.38. The second kappa shape index (κ2) is 4.19. The van der Waals surface area contributed by atoms with Gasteiger partial charge in [-0.3, -0.25) is 9.10 Å². The number of thiol groups is 1. The van der Waals surface area contributed by atoms with Gasteiger partial charge < -0.3 is 5.73 Å². The second-order valence-corrected chi connectivity index (χ2v) is 5.51. The lowest BCUT2D eigenvalue weighted by atomic mass is 10.0. The van der Waals surface area contributed by atoms with E-state index in [9.17, 15) is 4.79 Å². The minimum atomic E-state index is -0.364. The molecule has 2 heterocycles. The predicted octanol–water partition coefficient (Wildman–Crippen LogP) is 1.28. The molecule has 0 aromatic carbocycles. The third kappa shape index (κ3) is 1.86. The van der Waals surface area contributed by atoms with Gasteiger partial charge in [-0.05, 0) is 23.7 Å². The number of carbonyl (C=O) groups excluding carboxylic acids is 1. The molecule has 0 bridgehead atoms. The van der Waals surface area contributed by atoms with Crippen LogP contribution in [0.4, 0.5) is 0 Å². The highest BCUT2D eigenvalue weighted by Gasteiger charge is 2.29. The summed E-state index contributed by atoms with van der Waals surface area (Å²) in [5.41, 5.74) is 5.41. The van der Waals surface area contributed by atoms with Crippen molar-refractivity contribution in [3.63, 3.8) is 0 Å². The summed E-state index contributed by atoms with van der Waals surface area (Å²) in [4.78, 5) is 11.3. The molecule has 0 aliphatic carbocycles. The first-order chi connectivity index (χ1) is 6.79. The monoisotopic (exact) mass is 212 g/mol. The highest BCUT2D eigenvalue weighted by Crippen LogP contribution is 2.41. The minimum absolute atomic E-state index is 0.0396. The standard InChI is InChI=1S/C10H16N2OS/c11-10(13)9-5-1-2-6-12(9)14-7-3-4-8-14/h3-4,7-9,14H,1-2,5-6H2,(H2,11,13)/t9-/m0/s1. The molecule has 0 aromatic rings. The average Bonchev–Trinajstić information content (AvgIpc) is 2.70. The van der Waals surface area contributed by atoms with Gasteiger partial charge in [0.15, 0.2) is 0 Å². The molecule has 0 radical (unpaired) electrons. The molecule has 0 unspecified atom stereocenters. The van der Waals surface area contributed by atoms with Gasteiger partial charge in [-0.1, -0.05) is 18.6 Å². The Morgan fingerprint density at radius 1 is 1.36 bits per heavy atom. The van der Waals surface area contributed by atoms with Gasteiger partial charge in [0.25, 0.3) is 0 Å². The summed E-state index contributed by atoms with van der Waals surface area (Å²) in [6.07, 6.45) is 7.34. The first-order valence-electron chi connectivity index (χ1n) is 4.98. The molecule has 3 nitrogen and oxygen atoms in total. The predicted molar refractivity (Wildman–Crippen MR) is 60.8 cm³/mol. The number of piperidine rings is 1. The molecule has 1 fully saturated rings. The molecule has 2 rings (SSSR count). The summed E-state index contributed by atoms with van der Waals surface area (Å²) in [5.74, 6) is -0.166. The van der Waals surface area contributed by atoms with E-state index in [1.54, 1.807) is 0 Å². The van der Waals surface area contributed by atoms with Gasteiger partial charge in [0.05, 0.1) is 6.04 Å². The van der Waals surface area contributed by atoms with Gasteiger partial charge in [0, 0.05) is 6.54 Å². The summed E-state index contributed by atoms with van der Waals surface area (Å²) < 4.78 is 2.27. The first kappa shape index (κ1) is 9.80. The Balaban J connectivity index is 2.09. The van der Waals surface area contributed by atoms with Gasteiger partial charge in [0.2, 0.25) is 5.91 Å². The van der Waals surface area contributed by atoms with Crippen molar-refractivity contribution in [2.75, 3.05) is 6.54 Å². The van der Waals surface area contributed by atoms with Gasteiger partial charge in [-0.2, -0.15) is 11.1 Å². The van der Waals surface area contributed by atoms with Gasteiger partial charge in [-0.25, -0.2) is 0 Å². The van der Waals surface area contributed by atoms with Crippen LogP contribution in [-0.2, 0) is 4.79 Å². The third-order valence-corrected chi connectivity index (χ3v) is 4.72. The Hall–Kier alpha value is -0.740. The quantitative estimate of drug-likeness (QED) is 0.677. The van der Waals surface area contributed by atoms with Crippen LogP contribution in [0.1, 0.15) is 19.3 Å². The number of nitrogens with two attached hydrogens (primary N) is 1. The van der Waals surface area contributed by atoms with Crippen LogP contribution in [0, 0.1) is 0 Å². The highest BCUT2D eigenvalue weighted by atomic mass is 32.2. The van der Waals surface area contributed by atoms with E-state index >= 15 is 0 Å². The van der Waals surface area contributed by atoms with Crippen molar-refractivity contribution in [3.05, 3.63) is 23.0 Å².